The molecule has 3 aromatic carbocycles. The molecule has 0 unspecified atom stereocenters. The maximum absolute atomic E-state index is 11.7. The predicted molar refractivity (Wildman–Crippen MR) is 388 cm³/mol. The van der Waals surface area contributed by atoms with Crippen molar-refractivity contribution in [2.45, 2.75) is 92.2 Å². The number of benzene rings is 3. The number of thioether (sulfide) groups is 1. The second-order valence-corrected chi connectivity index (χ2v) is 23.5. The van der Waals surface area contributed by atoms with Gasteiger partial charge in [-0.1, -0.05) is 146 Å². The van der Waals surface area contributed by atoms with Gasteiger partial charge < -0.3 is 25.1 Å². The molecule has 0 fully saturated rings. The third-order valence-corrected chi connectivity index (χ3v) is 16.1. The lowest BCUT2D eigenvalue weighted by Gasteiger charge is -2.13. The zero-order valence-corrected chi connectivity index (χ0v) is 56.5. The van der Waals surface area contributed by atoms with Gasteiger partial charge in [0.15, 0.2) is 0 Å². The van der Waals surface area contributed by atoms with Gasteiger partial charge in [-0.3, -0.25) is 57.7 Å². The molecule has 3 aliphatic heterocycles. The number of rotatable bonds is 18. The SMILES string of the molecule is C.C.C.CC=O.CCC=O.CCN(C=O)CSSc1ccccn1.CCN1C(=O)C=CC1=O.CN1C(=O)C=CC1=O.CNC(=O)CSc1ccccn1.Cc1ccc(C=O)cc1.Cc1ccc(N2C(=O)C=CC2=O)cc1.Cc1ccc(NC(=O)CSSc2ccccn2)cc1. The molecular formula is C69H87N9O12S5. The van der Waals surface area contributed by atoms with Gasteiger partial charge in [-0.15, -0.1) is 0 Å². The van der Waals surface area contributed by atoms with Crippen LogP contribution < -0.4 is 15.5 Å². The Morgan fingerprint density at radius 3 is 1.31 bits per heavy atom. The molecule has 6 heterocycles. The highest BCUT2D eigenvalue weighted by atomic mass is 33.1. The third-order valence-electron chi connectivity index (χ3n) is 10.9. The number of imide groups is 3. The molecule has 0 saturated heterocycles. The first-order valence-corrected chi connectivity index (χ1v) is 33.6. The summed E-state index contributed by atoms with van der Waals surface area (Å²) >= 11 is 1.43. The van der Waals surface area contributed by atoms with Gasteiger partial charge in [0.05, 0.1) is 28.1 Å². The van der Waals surface area contributed by atoms with Crippen LogP contribution in [0.4, 0.5) is 11.4 Å². The van der Waals surface area contributed by atoms with E-state index in [1.54, 1.807) is 71.2 Å². The van der Waals surface area contributed by atoms with E-state index >= 15 is 0 Å². The number of aldehydes is 3. The number of carbonyl (C=O) groups excluding carboxylic acids is 12. The van der Waals surface area contributed by atoms with E-state index in [-0.39, 0.29) is 69.5 Å². The molecule has 0 bridgehead atoms. The Hall–Kier alpha value is -9.08. The van der Waals surface area contributed by atoms with Crippen molar-refractivity contribution in [2.75, 3.05) is 54.8 Å². The van der Waals surface area contributed by atoms with Crippen LogP contribution in [0.15, 0.2) is 198 Å². The molecule has 0 aliphatic carbocycles. The van der Waals surface area contributed by atoms with Crippen molar-refractivity contribution >= 4 is 139 Å². The zero-order valence-electron chi connectivity index (χ0n) is 52.4. The van der Waals surface area contributed by atoms with E-state index in [1.807, 2.05) is 150 Å². The molecule has 0 radical (unpaired) electrons. The van der Waals surface area contributed by atoms with Gasteiger partial charge in [0.2, 0.25) is 18.2 Å². The molecule has 510 valence electrons. The summed E-state index contributed by atoms with van der Waals surface area (Å²) in [5.74, 6) is 0.0831. The molecule has 2 N–H and O–H groups in total. The Kier molecular flexibility index (Phi) is 52.5. The lowest BCUT2D eigenvalue weighted by atomic mass is 10.2. The molecule has 26 heteroatoms. The van der Waals surface area contributed by atoms with Crippen LogP contribution in [0.2, 0.25) is 0 Å². The van der Waals surface area contributed by atoms with Crippen LogP contribution in [0.5, 0.6) is 0 Å². The zero-order chi connectivity index (χ0) is 68.5. The van der Waals surface area contributed by atoms with Crippen molar-refractivity contribution in [3.8, 4) is 0 Å². The molecule has 3 aliphatic rings. The molecule has 9 rings (SSSR count). The molecule has 21 nitrogen and oxygen atoms in total. The highest BCUT2D eigenvalue weighted by Crippen LogP contribution is 2.30. The molecule has 0 atom stereocenters. The van der Waals surface area contributed by atoms with Crippen molar-refractivity contribution in [3.63, 3.8) is 0 Å². The fourth-order valence-electron chi connectivity index (χ4n) is 5.98. The minimum atomic E-state index is -0.279. The van der Waals surface area contributed by atoms with Crippen LogP contribution in [0.1, 0.15) is 83.4 Å². The molecule has 9 amide bonds. The van der Waals surface area contributed by atoms with Gasteiger partial charge in [0.25, 0.3) is 35.4 Å². The van der Waals surface area contributed by atoms with Crippen molar-refractivity contribution in [1.29, 1.82) is 0 Å². The summed E-state index contributed by atoms with van der Waals surface area (Å²) in [5, 5.41) is 8.17. The summed E-state index contributed by atoms with van der Waals surface area (Å²) in [4.78, 5) is 143. The van der Waals surface area contributed by atoms with Crippen molar-refractivity contribution in [3.05, 3.63) is 205 Å². The van der Waals surface area contributed by atoms with Crippen molar-refractivity contribution in [1.82, 2.24) is 35.0 Å². The fraction of sp³-hybridized carbons (Fsp3) is 0.261. The van der Waals surface area contributed by atoms with Crippen molar-refractivity contribution in [2.24, 2.45) is 0 Å². The van der Waals surface area contributed by atoms with Gasteiger partial charge >= 0.3 is 0 Å². The maximum Gasteiger partial charge on any atom is 0.258 e. The summed E-state index contributed by atoms with van der Waals surface area (Å²) in [6, 6.07) is 39.6. The van der Waals surface area contributed by atoms with Crippen LogP contribution in [0.3, 0.4) is 0 Å². The van der Waals surface area contributed by atoms with Crippen LogP contribution in [-0.2, 0) is 52.7 Å². The Morgan fingerprint density at radius 2 is 0.947 bits per heavy atom. The van der Waals surface area contributed by atoms with Crippen LogP contribution >= 0.6 is 54.9 Å². The topological polar surface area (TPSA) is 281 Å². The fourth-order valence-corrected chi connectivity index (χ4v) is 10.5. The number of aromatic nitrogens is 3. The van der Waals surface area contributed by atoms with Crippen LogP contribution in [0.25, 0.3) is 0 Å². The third kappa shape index (κ3) is 40.6. The summed E-state index contributed by atoms with van der Waals surface area (Å²) in [6.07, 6.45) is 16.8. The quantitative estimate of drug-likeness (QED) is 0.0266. The number of aryl methyl sites for hydroxylation is 3. The molecule has 6 aromatic rings. The van der Waals surface area contributed by atoms with Crippen LogP contribution in [0, 0.1) is 20.8 Å². The average Bonchev–Trinajstić information content (AvgIpc) is 1.74. The van der Waals surface area contributed by atoms with Gasteiger partial charge in [-0.2, -0.15) is 0 Å². The molecular weight excluding hydrogens is 1310 g/mol. The van der Waals surface area contributed by atoms with Gasteiger partial charge in [0, 0.05) is 99.9 Å². The lowest BCUT2D eigenvalue weighted by Crippen LogP contribution is -2.29. The molecule has 95 heavy (non-hydrogen) atoms. The van der Waals surface area contributed by atoms with E-state index in [1.165, 1.54) is 99.8 Å². The predicted octanol–water partition coefficient (Wildman–Crippen LogP) is 12.4. The van der Waals surface area contributed by atoms with Crippen molar-refractivity contribution < 1.29 is 57.5 Å². The summed E-state index contributed by atoms with van der Waals surface area (Å²) < 4.78 is 0. The maximum atomic E-state index is 11.7. The number of pyridine rings is 3. The van der Waals surface area contributed by atoms with E-state index in [9.17, 15) is 52.7 Å². The number of amides is 9. The first-order valence-electron chi connectivity index (χ1n) is 28.0. The molecule has 0 saturated carbocycles. The lowest BCUT2D eigenvalue weighted by molar-refractivity contribution is -0.137. The Bertz CT molecular complexity index is 3280. The Labute approximate surface area is 579 Å². The summed E-state index contributed by atoms with van der Waals surface area (Å²) in [6.45, 7) is 14.2. The average molecular weight is 1390 g/mol. The largest absolute Gasteiger partial charge is 0.358 e. The van der Waals surface area contributed by atoms with E-state index in [2.05, 4.69) is 25.6 Å². The van der Waals surface area contributed by atoms with E-state index in [4.69, 9.17) is 4.79 Å². The smallest absolute Gasteiger partial charge is 0.258 e. The van der Waals surface area contributed by atoms with E-state index in [0.717, 1.165) is 73.5 Å². The first-order chi connectivity index (χ1) is 44.2. The Balaban J connectivity index is -0.00000103. The van der Waals surface area contributed by atoms with E-state index in [0.29, 0.717) is 36.0 Å². The number of hydrogen-bond donors (Lipinski definition) is 2. The number of anilines is 2. The summed E-state index contributed by atoms with van der Waals surface area (Å²) in [5.41, 5.74) is 5.65. The van der Waals surface area contributed by atoms with Crippen LogP contribution in [-0.4, -0.2) is 147 Å². The number of likely N-dealkylation sites (N-methyl/N-ethyl adjacent to an activating group) is 2. The first kappa shape index (κ1) is 90.1. The molecule has 3 aromatic heterocycles. The molecule has 0 spiro atoms. The number of nitrogens with one attached hydrogen (secondary N) is 2. The highest BCUT2D eigenvalue weighted by molar-refractivity contribution is 8.77. The van der Waals surface area contributed by atoms with E-state index < -0.39 is 0 Å². The number of carbonyl (C=O) groups is 12. The monoisotopic (exact) mass is 1390 g/mol. The Morgan fingerprint density at radius 1 is 0.537 bits per heavy atom. The number of hydrogen-bond acceptors (Lipinski definition) is 20. The normalized spacial score (nSPS) is 11.4. The minimum absolute atomic E-state index is 0. The second-order valence-electron chi connectivity index (χ2n) is 17.9. The number of nitrogens with zero attached hydrogens (tertiary/aromatic N) is 7. The summed E-state index contributed by atoms with van der Waals surface area (Å²) in [7, 11) is 9.26. The van der Waals surface area contributed by atoms with Gasteiger partial charge in [-0.05, 0) is 124 Å². The van der Waals surface area contributed by atoms with Gasteiger partial charge in [-0.25, -0.2) is 19.9 Å². The second kappa shape index (κ2) is 55.4. The minimum Gasteiger partial charge on any atom is -0.358 e. The van der Waals surface area contributed by atoms with Gasteiger partial charge in [0.1, 0.15) is 28.9 Å². The highest BCUT2D eigenvalue weighted by Gasteiger charge is 2.25. The standard InChI is InChI=1S/C14H14N2OS2.C11H9NO2.C9H12N2OS2.C8H10N2OS.C8H8O.C6H7NO2.C5H5NO2.C3H6O.C2H4O.3CH4/c1-11-5-7-12(8-6-11)16-13(17)10-18-19-14-4-2-3-9-15-14;1-8-2-4-9(5-3-8)12-10(13)6-7-11(12)14;1-2-11(7-12)8-13-14-9-5-3-4-6-10-9;1-9-7(11)6-12-8-4-2-3-5-10-8;1-7-2-4-8(6-9)5-3-7;1-2-7-5(8)3-4-6(7)9;1-6-4(7)2-3-5(6)8;1-2-3-4;1-2-3;;;/h2-9H,10H2,1H3,(H,16,17);2-7H,1H3;3-7H,2,8H2,1H3;2-5H,6H2,1H3,(H,9,11);2-6H,1H3;3-4H,2H2,1H3;2-3H,1H3;3H,2H2,1H3;2H,1H3;3*1H4.